The highest BCUT2D eigenvalue weighted by atomic mass is 32.2. The monoisotopic (exact) mass is 280 g/mol. The van der Waals surface area contributed by atoms with Crippen LogP contribution in [-0.4, -0.2) is 30.0 Å². The SMILES string of the molecule is NCC#Cc1ccsc1C(=O)NCC1CCCS1. The van der Waals surface area contributed by atoms with Crippen molar-refractivity contribution in [1.82, 2.24) is 5.32 Å². The van der Waals surface area contributed by atoms with E-state index in [-0.39, 0.29) is 5.91 Å². The van der Waals surface area contributed by atoms with E-state index in [9.17, 15) is 4.79 Å². The number of carbonyl (C=O) groups is 1. The van der Waals surface area contributed by atoms with E-state index in [1.54, 1.807) is 0 Å². The second kappa shape index (κ2) is 6.83. The van der Waals surface area contributed by atoms with E-state index in [2.05, 4.69) is 17.2 Å². The van der Waals surface area contributed by atoms with E-state index in [1.807, 2.05) is 23.2 Å². The van der Waals surface area contributed by atoms with Crippen LogP contribution in [-0.2, 0) is 0 Å². The van der Waals surface area contributed by atoms with Crippen molar-refractivity contribution in [3.05, 3.63) is 21.9 Å². The molecule has 0 aromatic carbocycles. The number of amides is 1. The first-order valence-electron chi connectivity index (χ1n) is 5.97. The molecule has 3 nitrogen and oxygen atoms in total. The van der Waals surface area contributed by atoms with Crippen LogP contribution in [0.4, 0.5) is 0 Å². The Bertz CT molecular complexity index is 467. The Labute approximate surface area is 116 Å². The first kappa shape index (κ1) is 13.5. The Hall–Kier alpha value is -0.960. The minimum Gasteiger partial charge on any atom is -0.350 e. The molecule has 96 valence electrons. The first-order valence-corrected chi connectivity index (χ1v) is 7.90. The van der Waals surface area contributed by atoms with E-state index < -0.39 is 0 Å². The second-order valence-electron chi connectivity index (χ2n) is 4.01. The van der Waals surface area contributed by atoms with Gasteiger partial charge in [0.25, 0.3) is 5.91 Å². The Morgan fingerprint density at radius 3 is 3.22 bits per heavy atom. The second-order valence-corrected chi connectivity index (χ2v) is 6.34. The minimum atomic E-state index is -0.0150. The van der Waals surface area contributed by atoms with Gasteiger partial charge in [-0.1, -0.05) is 11.8 Å². The van der Waals surface area contributed by atoms with Gasteiger partial charge < -0.3 is 11.1 Å². The molecule has 1 aromatic rings. The van der Waals surface area contributed by atoms with Crippen LogP contribution in [0.15, 0.2) is 11.4 Å². The summed E-state index contributed by atoms with van der Waals surface area (Å²) in [7, 11) is 0. The lowest BCUT2D eigenvalue weighted by Crippen LogP contribution is -2.29. The van der Waals surface area contributed by atoms with Gasteiger partial charge in [0.15, 0.2) is 0 Å². The summed E-state index contributed by atoms with van der Waals surface area (Å²) in [5, 5.41) is 5.46. The van der Waals surface area contributed by atoms with E-state index in [0.717, 1.165) is 12.1 Å². The highest BCUT2D eigenvalue weighted by Crippen LogP contribution is 2.25. The molecule has 1 aromatic heterocycles. The number of nitrogens with one attached hydrogen (secondary N) is 1. The summed E-state index contributed by atoms with van der Waals surface area (Å²) in [6.45, 7) is 1.07. The van der Waals surface area contributed by atoms with Gasteiger partial charge in [-0.2, -0.15) is 11.8 Å². The van der Waals surface area contributed by atoms with Crippen LogP contribution >= 0.6 is 23.1 Å². The predicted molar refractivity (Wildman–Crippen MR) is 78.1 cm³/mol. The van der Waals surface area contributed by atoms with Gasteiger partial charge >= 0.3 is 0 Å². The van der Waals surface area contributed by atoms with Gasteiger partial charge in [-0.3, -0.25) is 4.79 Å². The molecule has 1 amide bonds. The summed E-state index contributed by atoms with van der Waals surface area (Å²) in [6, 6.07) is 1.87. The lowest BCUT2D eigenvalue weighted by molar-refractivity contribution is 0.0957. The topological polar surface area (TPSA) is 55.1 Å². The van der Waals surface area contributed by atoms with Gasteiger partial charge in [-0.05, 0) is 30.0 Å². The number of thioether (sulfide) groups is 1. The van der Waals surface area contributed by atoms with Crippen LogP contribution < -0.4 is 11.1 Å². The summed E-state index contributed by atoms with van der Waals surface area (Å²) in [5.41, 5.74) is 6.12. The number of hydrogen-bond acceptors (Lipinski definition) is 4. The standard InChI is InChI=1S/C13H16N2OS2/c14-6-1-3-10-5-8-18-12(10)13(16)15-9-11-4-2-7-17-11/h5,8,11H,2,4,6-7,9,14H2,(H,15,16). The quantitative estimate of drug-likeness (QED) is 0.828. The van der Waals surface area contributed by atoms with E-state index >= 15 is 0 Å². The van der Waals surface area contributed by atoms with Crippen LogP contribution in [0.3, 0.4) is 0 Å². The van der Waals surface area contributed by atoms with Crippen molar-refractivity contribution in [1.29, 1.82) is 0 Å². The van der Waals surface area contributed by atoms with Gasteiger partial charge in [-0.25, -0.2) is 0 Å². The molecular formula is C13H16N2OS2. The Kier molecular flexibility index (Phi) is 5.12. The Balaban J connectivity index is 1.93. The van der Waals surface area contributed by atoms with Crippen molar-refractivity contribution in [3.63, 3.8) is 0 Å². The first-order chi connectivity index (χ1) is 8.81. The van der Waals surface area contributed by atoms with Crippen molar-refractivity contribution in [2.75, 3.05) is 18.8 Å². The molecule has 1 aliphatic rings. The largest absolute Gasteiger partial charge is 0.350 e. The normalized spacial score (nSPS) is 18.2. The van der Waals surface area contributed by atoms with Crippen LogP contribution in [0.1, 0.15) is 28.1 Å². The van der Waals surface area contributed by atoms with Gasteiger partial charge in [0.1, 0.15) is 4.88 Å². The summed E-state index contributed by atoms with van der Waals surface area (Å²) in [6.07, 6.45) is 2.46. The number of thiophene rings is 1. The summed E-state index contributed by atoms with van der Waals surface area (Å²) < 4.78 is 0. The predicted octanol–water partition coefficient (Wildman–Crippen LogP) is 1.68. The fourth-order valence-electron chi connectivity index (χ4n) is 1.82. The van der Waals surface area contributed by atoms with Crippen molar-refractivity contribution < 1.29 is 4.79 Å². The molecule has 0 radical (unpaired) electrons. The van der Waals surface area contributed by atoms with Gasteiger partial charge in [-0.15, -0.1) is 11.3 Å². The molecule has 1 atom stereocenters. The van der Waals surface area contributed by atoms with Gasteiger partial charge in [0.05, 0.1) is 6.54 Å². The molecule has 1 fully saturated rings. The maximum Gasteiger partial charge on any atom is 0.262 e. The zero-order valence-corrected chi connectivity index (χ0v) is 11.7. The molecule has 0 saturated carbocycles. The minimum absolute atomic E-state index is 0.0150. The fourth-order valence-corrected chi connectivity index (χ4v) is 3.79. The highest BCUT2D eigenvalue weighted by molar-refractivity contribution is 8.00. The third-order valence-electron chi connectivity index (χ3n) is 2.71. The molecular weight excluding hydrogens is 264 g/mol. The molecule has 2 heterocycles. The molecule has 5 heteroatoms. The molecule has 1 aliphatic heterocycles. The van der Waals surface area contributed by atoms with Crippen molar-refractivity contribution >= 4 is 29.0 Å². The van der Waals surface area contributed by atoms with Crippen molar-refractivity contribution in [2.45, 2.75) is 18.1 Å². The Morgan fingerprint density at radius 2 is 2.50 bits per heavy atom. The van der Waals surface area contributed by atoms with Gasteiger partial charge in [0, 0.05) is 17.4 Å². The zero-order valence-electron chi connectivity index (χ0n) is 10.1. The van der Waals surface area contributed by atoms with Gasteiger partial charge in [0.2, 0.25) is 0 Å². The highest BCUT2D eigenvalue weighted by Gasteiger charge is 2.18. The average Bonchev–Trinajstić information content (AvgIpc) is 3.04. The summed E-state index contributed by atoms with van der Waals surface area (Å²) in [4.78, 5) is 12.7. The molecule has 0 aliphatic carbocycles. The third kappa shape index (κ3) is 3.52. The number of nitrogens with two attached hydrogens (primary N) is 1. The maximum atomic E-state index is 12.0. The van der Waals surface area contributed by atoms with Crippen LogP contribution in [0.5, 0.6) is 0 Å². The molecule has 2 rings (SSSR count). The van der Waals surface area contributed by atoms with E-state index in [4.69, 9.17) is 5.73 Å². The fraction of sp³-hybridized carbons (Fsp3) is 0.462. The third-order valence-corrected chi connectivity index (χ3v) is 5.02. The molecule has 3 N–H and O–H groups in total. The zero-order chi connectivity index (χ0) is 12.8. The number of hydrogen-bond donors (Lipinski definition) is 2. The summed E-state index contributed by atoms with van der Waals surface area (Å²) in [5.74, 6) is 6.91. The van der Waals surface area contributed by atoms with E-state index in [0.29, 0.717) is 16.7 Å². The lowest BCUT2D eigenvalue weighted by Gasteiger charge is -2.09. The maximum absolute atomic E-state index is 12.0. The van der Waals surface area contributed by atoms with Crippen molar-refractivity contribution in [3.8, 4) is 11.8 Å². The molecule has 1 unspecified atom stereocenters. The van der Waals surface area contributed by atoms with E-state index in [1.165, 1.54) is 29.9 Å². The van der Waals surface area contributed by atoms with Crippen LogP contribution in [0.2, 0.25) is 0 Å². The van der Waals surface area contributed by atoms with Crippen LogP contribution in [0.25, 0.3) is 0 Å². The molecule has 0 bridgehead atoms. The molecule has 1 saturated heterocycles. The molecule has 0 spiro atoms. The lowest BCUT2D eigenvalue weighted by atomic mass is 10.2. The Morgan fingerprint density at radius 1 is 1.61 bits per heavy atom. The molecule has 18 heavy (non-hydrogen) atoms. The van der Waals surface area contributed by atoms with Crippen LogP contribution in [0, 0.1) is 11.8 Å². The number of carbonyl (C=O) groups excluding carboxylic acids is 1. The van der Waals surface area contributed by atoms with Crippen molar-refractivity contribution in [2.24, 2.45) is 5.73 Å². The summed E-state index contributed by atoms with van der Waals surface area (Å²) >= 11 is 3.37. The average molecular weight is 280 g/mol. The smallest absolute Gasteiger partial charge is 0.262 e. The number of rotatable bonds is 3.